The van der Waals surface area contributed by atoms with Gasteiger partial charge in [0, 0.05) is 5.41 Å². The molecule has 0 aliphatic carbocycles. The number of carboxylic acids is 1. The zero-order valence-corrected chi connectivity index (χ0v) is 12.0. The zero-order chi connectivity index (χ0) is 13.8. The Balaban J connectivity index is 2.59. The van der Waals surface area contributed by atoms with Gasteiger partial charge in [0.1, 0.15) is 0 Å². The number of anilines is 1. The van der Waals surface area contributed by atoms with Crippen LogP contribution in [0, 0.1) is 5.41 Å². The maximum atomic E-state index is 11.9. The van der Waals surface area contributed by atoms with Gasteiger partial charge in [0.05, 0.1) is 5.75 Å². The Bertz CT molecular complexity index is 445. The highest BCUT2D eigenvalue weighted by molar-refractivity contribution is 8.01. The number of hydrogen-bond donors (Lipinski definition) is 2. The molecule has 1 aromatic heterocycles. The third-order valence-electron chi connectivity index (χ3n) is 2.44. The molecule has 2 N–H and O–H groups in total. The normalized spacial score (nSPS) is 11.3. The molecule has 0 radical (unpaired) electrons. The summed E-state index contributed by atoms with van der Waals surface area (Å²) in [6.45, 7) is 5.64. The standard InChI is InChI=1S/C10H15N3O3S2/c1-4-10(2,3)7(16)11-8-12-13-9(18-8)17-5-6(14)15/h4-5H2,1-3H3,(H,14,15)(H,11,12,16). The monoisotopic (exact) mass is 289 g/mol. The number of aromatic nitrogens is 2. The molecule has 1 amide bonds. The minimum absolute atomic E-state index is 0.0664. The maximum Gasteiger partial charge on any atom is 0.313 e. The molecule has 0 saturated carbocycles. The van der Waals surface area contributed by atoms with E-state index < -0.39 is 11.4 Å². The van der Waals surface area contributed by atoms with Crippen molar-refractivity contribution in [2.24, 2.45) is 5.41 Å². The minimum atomic E-state index is -0.909. The maximum absolute atomic E-state index is 11.9. The lowest BCUT2D eigenvalue weighted by atomic mass is 9.89. The number of amides is 1. The molecular formula is C10H15N3O3S2. The summed E-state index contributed by atoms with van der Waals surface area (Å²) in [6.07, 6.45) is 0.720. The minimum Gasteiger partial charge on any atom is -0.481 e. The van der Waals surface area contributed by atoms with Crippen LogP contribution in [0.2, 0.25) is 0 Å². The molecule has 0 atom stereocenters. The van der Waals surface area contributed by atoms with E-state index in [-0.39, 0.29) is 11.7 Å². The molecular weight excluding hydrogens is 274 g/mol. The van der Waals surface area contributed by atoms with Crippen molar-refractivity contribution in [3.05, 3.63) is 0 Å². The van der Waals surface area contributed by atoms with Crippen LogP contribution in [0.5, 0.6) is 0 Å². The SMILES string of the molecule is CCC(C)(C)C(=O)Nc1nnc(SCC(=O)O)s1. The van der Waals surface area contributed by atoms with E-state index in [4.69, 9.17) is 5.11 Å². The predicted molar refractivity (Wildman–Crippen MR) is 71.0 cm³/mol. The van der Waals surface area contributed by atoms with Crippen LogP contribution in [-0.4, -0.2) is 32.9 Å². The van der Waals surface area contributed by atoms with Crippen molar-refractivity contribution in [3.63, 3.8) is 0 Å². The van der Waals surface area contributed by atoms with Gasteiger partial charge < -0.3 is 10.4 Å². The number of thioether (sulfide) groups is 1. The molecule has 0 bridgehead atoms. The van der Waals surface area contributed by atoms with E-state index in [1.807, 2.05) is 20.8 Å². The van der Waals surface area contributed by atoms with Crippen LogP contribution in [0.15, 0.2) is 4.34 Å². The second-order valence-electron chi connectivity index (χ2n) is 4.25. The first-order chi connectivity index (χ1) is 8.35. The Morgan fingerprint density at radius 2 is 2.11 bits per heavy atom. The van der Waals surface area contributed by atoms with Crippen molar-refractivity contribution in [2.45, 2.75) is 31.5 Å². The summed E-state index contributed by atoms with van der Waals surface area (Å²) in [5, 5.41) is 19.2. The molecule has 1 heterocycles. The Kier molecular flexibility index (Phi) is 5.09. The third kappa shape index (κ3) is 4.26. The first kappa shape index (κ1) is 14.9. The van der Waals surface area contributed by atoms with Crippen molar-refractivity contribution < 1.29 is 14.7 Å². The number of carboxylic acid groups (broad SMARTS) is 1. The zero-order valence-electron chi connectivity index (χ0n) is 10.4. The fraction of sp³-hybridized carbons (Fsp3) is 0.600. The van der Waals surface area contributed by atoms with Gasteiger partial charge in [0.25, 0.3) is 0 Å². The molecule has 0 unspecified atom stereocenters. The molecule has 0 aliphatic rings. The summed E-state index contributed by atoms with van der Waals surface area (Å²) >= 11 is 2.26. The summed E-state index contributed by atoms with van der Waals surface area (Å²) in [5.74, 6) is -1.09. The number of hydrogen-bond acceptors (Lipinski definition) is 6. The van der Waals surface area contributed by atoms with E-state index in [1.165, 1.54) is 11.3 Å². The van der Waals surface area contributed by atoms with Crippen LogP contribution in [0.25, 0.3) is 0 Å². The fourth-order valence-electron chi connectivity index (χ4n) is 0.869. The van der Waals surface area contributed by atoms with Gasteiger partial charge in [-0.05, 0) is 6.42 Å². The van der Waals surface area contributed by atoms with Crippen LogP contribution < -0.4 is 5.32 Å². The average molecular weight is 289 g/mol. The number of rotatable bonds is 6. The molecule has 8 heteroatoms. The van der Waals surface area contributed by atoms with E-state index in [1.54, 1.807) is 0 Å². The van der Waals surface area contributed by atoms with Gasteiger partial charge in [-0.2, -0.15) is 0 Å². The van der Waals surface area contributed by atoms with Gasteiger partial charge >= 0.3 is 5.97 Å². The van der Waals surface area contributed by atoms with Crippen LogP contribution in [0.1, 0.15) is 27.2 Å². The van der Waals surface area contributed by atoms with Gasteiger partial charge in [0.2, 0.25) is 11.0 Å². The van der Waals surface area contributed by atoms with Gasteiger partial charge in [-0.25, -0.2) is 0 Å². The van der Waals surface area contributed by atoms with Crippen LogP contribution in [0.3, 0.4) is 0 Å². The molecule has 0 aliphatic heterocycles. The van der Waals surface area contributed by atoms with Crippen LogP contribution in [-0.2, 0) is 9.59 Å². The van der Waals surface area contributed by atoms with Crippen LogP contribution in [0.4, 0.5) is 5.13 Å². The highest BCUT2D eigenvalue weighted by Crippen LogP contribution is 2.27. The Labute approximate surface area is 113 Å². The lowest BCUT2D eigenvalue weighted by Crippen LogP contribution is -2.29. The molecule has 1 rings (SSSR count). The van der Waals surface area contributed by atoms with Crippen molar-refractivity contribution in [1.82, 2.24) is 10.2 Å². The third-order valence-corrected chi connectivity index (χ3v) is 4.40. The number of nitrogens with one attached hydrogen (secondary N) is 1. The van der Waals surface area contributed by atoms with E-state index in [0.29, 0.717) is 9.47 Å². The Hall–Kier alpha value is -1.15. The van der Waals surface area contributed by atoms with Gasteiger partial charge in [-0.3, -0.25) is 9.59 Å². The highest BCUT2D eigenvalue weighted by Gasteiger charge is 2.26. The van der Waals surface area contributed by atoms with Crippen molar-refractivity contribution in [2.75, 3.05) is 11.1 Å². The lowest BCUT2D eigenvalue weighted by molar-refractivity contribution is -0.134. The predicted octanol–water partition coefficient (Wildman–Crippen LogP) is 2.09. The highest BCUT2D eigenvalue weighted by atomic mass is 32.2. The molecule has 6 nitrogen and oxygen atoms in total. The second kappa shape index (κ2) is 6.14. The first-order valence-electron chi connectivity index (χ1n) is 5.34. The van der Waals surface area contributed by atoms with Gasteiger partial charge in [-0.15, -0.1) is 10.2 Å². The summed E-state index contributed by atoms with van der Waals surface area (Å²) in [5.41, 5.74) is -0.458. The van der Waals surface area contributed by atoms with E-state index in [2.05, 4.69) is 15.5 Å². The smallest absolute Gasteiger partial charge is 0.313 e. The number of carbonyl (C=O) groups excluding carboxylic acids is 1. The van der Waals surface area contributed by atoms with Crippen molar-refractivity contribution in [1.29, 1.82) is 0 Å². The number of aliphatic carboxylic acids is 1. The summed E-state index contributed by atoms with van der Waals surface area (Å²) in [4.78, 5) is 22.3. The molecule has 1 aromatic rings. The Morgan fingerprint density at radius 3 is 2.67 bits per heavy atom. The number of carbonyl (C=O) groups is 2. The summed E-state index contributed by atoms with van der Waals surface area (Å²) in [7, 11) is 0. The molecule has 100 valence electrons. The number of nitrogens with zero attached hydrogens (tertiary/aromatic N) is 2. The van der Waals surface area contributed by atoms with Crippen molar-refractivity contribution in [3.8, 4) is 0 Å². The topological polar surface area (TPSA) is 92.2 Å². The quantitative estimate of drug-likeness (QED) is 0.615. The molecule has 0 saturated heterocycles. The van der Waals surface area contributed by atoms with Crippen molar-refractivity contribution >= 4 is 40.1 Å². The fourth-order valence-corrected chi connectivity index (χ4v) is 2.34. The Morgan fingerprint density at radius 1 is 1.44 bits per heavy atom. The second-order valence-corrected chi connectivity index (χ2v) is 6.45. The van der Waals surface area contributed by atoms with E-state index in [9.17, 15) is 9.59 Å². The average Bonchev–Trinajstić information content (AvgIpc) is 2.74. The van der Waals surface area contributed by atoms with Crippen LogP contribution >= 0.6 is 23.1 Å². The summed E-state index contributed by atoms with van der Waals surface area (Å²) in [6, 6.07) is 0. The van der Waals surface area contributed by atoms with E-state index >= 15 is 0 Å². The lowest BCUT2D eigenvalue weighted by Gasteiger charge is -2.19. The largest absolute Gasteiger partial charge is 0.481 e. The van der Waals surface area contributed by atoms with Gasteiger partial charge in [0.15, 0.2) is 4.34 Å². The molecule has 0 aromatic carbocycles. The van der Waals surface area contributed by atoms with E-state index in [0.717, 1.165) is 18.2 Å². The molecule has 0 spiro atoms. The van der Waals surface area contributed by atoms with Gasteiger partial charge in [-0.1, -0.05) is 43.9 Å². The summed E-state index contributed by atoms with van der Waals surface area (Å²) < 4.78 is 0.530. The molecule has 18 heavy (non-hydrogen) atoms. The molecule has 0 fully saturated rings. The first-order valence-corrected chi connectivity index (χ1v) is 7.15.